The molecule has 0 spiro atoms. The Hall–Kier alpha value is -3.06. The Kier molecular flexibility index (Phi) is 6.49. The van der Waals surface area contributed by atoms with E-state index in [0.717, 1.165) is 16.5 Å². The van der Waals surface area contributed by atoms with Crippen molar-refractivity contribution < 1.29 is 14.6 Å². The molecule has 0 atom stereocenters. The summed E-state index contributed by atoms with van der Waals surface area (Å²) in [6.07, 6.45) is 1.49. The standard InChI is InChI=1S/C21H20BrN3O3/c1-2-28-19-10-14(9-18(22)21(19)27)12-24-25-20(26)13-23-17-8-7-15-5-3-4-6-16(15)11-17/h3-12,23,27H,2,13H2,1H3,(H,25,26)/b24-12+. The van der Waals surface area contributed by atoms with Gasteiger partial charge in [-0.2, -0.15) is 5.10 Å². The van der Waals surface area contributed by atoms with Gasteiger partial charge in [0, 0.05) is 5.69 Å². The fourth-order valence-corrected chi connectivity index (χ4v) is 3.09. The molecular weight excluding hydrogens is 422 g/mol. The van der Waals surface area contributed by atoms with Gasteiger partial charge in [0.1, 0.15) is 0 Å². The number of anilines is 1. The molecule has 0 saturated carbocycles. The lowest BCUT2D eigenvalue weighted by Gasteiger charge is -2.08. The molecule has 3 aromatic carbocycles. The lowest BCUT2D eigenvalue weighted by Crippen LogP contribution is -2.25. The van der Waals surface area contributed by atoms with E-state index in [0.29, 0.717) is 22.4 Å². The Morgan fingerprint density at radius 2 is 1.96 bits per heavy atom. The number of ether oxygens (including phenoxy) is 1. The van der Waals surface area contributed by atoms with Gasteiger partial charge < -0.3 is 15.2 Å². The minimum Gasteiger partial charge on any atom is -0.503 e. The molecule has 0 aromatic heterocycles. The number of fused-ring (bicyclic) bond motifs is 1. The number of rotatable bonds is 7. The van der Waals surface area contributed by atoms with E-state index in [1.165, 1.54) is 6.21 Å². The van der Waals surface area contributed by atoms with Gasteiger partial charge in [-0.1, -0.05) is 30.3 Å². The number of halogens is 1. The second kappa shape index (κ2) is 9.23. The van der Waals surface area contributed by atoms with E-state index < -0.39 is 0 Å². The largest absolute Gasteiger partial charge is 0.503 e. The van der Waals surface area contributed by atoms with Crippen molar-refractivity contribution in [2.75, 3.05) is 18.5 Å². The summed E-state index contributed by atoms with van der Waals surface area (Å²) in [4.78, 5) is 12.0. The van der Waals surface area contributed by atoms with Crippen LogP contribution in [0.3, 0.4) is 0 Å². The van der Waals surface area contributed by atoms with Gasteiger partial charge in [0.25, 0.3) is 5.91 Å². The summed E-state index contributed by atoms with van der Waals surface area (Å²) in [6, 6.07) is 17.3. The maximum Gasteiger partial charge on any atom is 0.259 e. The first-order valence-corrected chi connectivity index (χ1v) is 9.56. The van der Waals surface area contributed by atoms with Crippen LogP contribution in [0.25, 0.3) is 10.8 Å². The number of nitrogens with one attached hydrogen (secondary N) is 2. The molecule has 0 fully saturated rings. The van der Waals surface area contributed by atoms with Gasteiger partial charge in [-0.25, -0.2) is 5.43 Å². The third kappa shape index (κ3) is 5.01. The van der Waals surface area contributed by atoms with Crippen molar-refractivity contribution in [1.29, 1.82) is 0 Å². The summed E-state index contributed by atoms with van der Waals surface area (Å²) < 4.78 is 5.85. The van der Waals surface area contributed by atoms with Crippen molar-refractivity contribution in [1.82, 2.24) is 5.43 Å². The molecule has 6 nitrogen and oxygen atoms in total. The van der Waals surface area contributed by atoms with Crippen LogP contribution in [0.2, 0.25) is 0 Å². The molecule has 0 saturated heterocycles. The number of carbonyl (C=O) groups excluding carboxylic acids is 1. The number of aromatic hydroxyl groups is 1. The number of hydrogen-bond donors (Lipinski definition) is 3. The lowest BCUT2D eigenvalue weighted by molar-refractivity contribution is -0.119. The fourth-order valence-electron chi connectivity index (χ4n) is 2.63. The van der Waals surface area contributed by atoms with E-state index >= 15 is 0 Å². The van der Waals surface area contributed by atoms with Crippen LogP contribution < -0.4 is 15.5 Å². The van der Waals surface area contributed by atoms with Gasteiger partial charge in [-0.3, -0.25) is 4.79 Å². The Bertz CT molecular complexity index is 1020. The minimum absolute atomic E-state index is 0.0302. The van der Waals surface area contributed by atoms with Crippen LogP contribution in [0, 0.1) is 0 Å². The summed E-state index contributed by atoms with van der Waals surface area (Å²) in [5.74, 6) is 0.109. The van der Waals surface area contributed by atoms with Gasteiger partial charge in [0.15, 0.2) is 11.5 Å². The summed E-state index contributed by atoms with van der Waals surface area (Å²) in [6.45, 7) is 2.35. The zero-order valence-corrected chi connectivity index (χ0v) is 16.9. The molecule has 0 heterocycles. The number of hydrogen-bond acceptors (Lipinski definition) is 5. The maximum absolute atomic E-state index is 12.0. The normalized spacial score (nSPS) is 10.9. The van der Waals surface area contributed by atoms with Gasteiger partial charge >= 0.3 is 0 Å². The maximum atomic E-state index is 12.0. The highest BCUT2D eigenvalue weighted by molar-refractivity contribution is 9.10. The summed E-state index contributed by atoms with van der Waals surface area (Å²) in [5, 5.41) is 19.2. The molecule has 0 unspecified atom stereocenters. The number of hydrazone groups is 1. The van der Waals surface area contributed by atoms with E-state index in [1.54, 1.807) is 12.1 Å². The van der Waals surface area contributed by atoms with Gasteiger partial charge in [0.05, 0.1) is 23.8 Å². The minimum atomic E-state index is -0.271. The molecular formula is C21H20BrN3O3. The van der Waals surface area contributed by atoms with Crippen LogP contribution in [-0.4, -0.2) is 30.4 Å². The molecule has 1 amide bonds. The fraction of sp³-hybridized carbons (Fsp3) is 0.143. The highest BCUT2D eigenvalue weighted by Crippen LogP contribution is 2.35. The quantitative estimate of drug-likeness (QED) is 0.377. The molecule has 144 valence electrons. The topological polar surface area (TPSA) is 83.0 Å². The number of amides is 1. The molecule has 0 aliphatic carbocycles. The van der Waals surface area contributed by atoms with Crippen LogP contribution in [0.5, 0.6) is 11.5 Å². The second-order valence-electron chi connectivity index (χ2n) is 5.99. The Balaban J connectivity index is 1.56. The smallest absolute Gasteiger partial charge is 0.259 e. The van der Waals surface area contributed by atoms with E-state index in [2.05, 4.69) is 31.8 Å². The summed E-state index contributed by atoms with van der Waals surface area (Å²) in [5.41, 5.74) is 4.01. The Morgan fingerprint density at radius 1 is 1.18 bits per heavy atom. The first kappa shape index (κ1) is 19.7. The van der Waals surface area contributed by atoms with Crippen molar-refractivity contribution in [2.45, 2.75) is 6.92 Å². The highest BCUT2D eigenvalue weighted by Gasteiger charge is 2.08. The highest BCUT2D eigenvalue weighted by atomic mass is 79.9. The lowest BCUT2D eigenvalue weighted by atomic mass is 10.1. The van der Waals surface area contributed by atoms with Gasteiger partial charge in [-0.05, 0) is 63.5 Å². The summed E-state index contributed by atoms with van der Waals surface area (Å²) >= 11 is 3.27. The molecule has 0 aliphatic rings. The molecule has 0 radical (unpaired) electrons. The van der Waals surface area contributed by atoms with Crippen LogP contribution in [0.4, 0.5) is 5.69 Å². The van der Waals surface area contributed by atoms with E-state index in [4.69, 9.17) is 4.74 Å². The molecule has 3 rings (SSSR count). The first-order valence-electron chi connectivity index (χ1n) is 8.76. The zero-order valence-electron chi connectivity index (χ0n) is 15.3. The van der Waals surface area contributed by atoms with E-state index in [1.807, 2.05) is 49.4 Å². The predicted octanol–water partition coefficient (Wildman–Crippen LogP) is 4.27. The monoisotopic (exact) mass is 441 g/mol. The van der Waals surface area contributed by atoms with Crippen LogP contribution in [0.15, 0.2) is 64.2 Å². The molecule has 0 bridgehead atoms. The average molecular weight is 442 g/mol. The van der Waals surface area contributed by atoms with E-state index in [-0.39, 0.29) is 18.2 Å². The van der Waals surface area contributed by atoms with Crippen molar-refractivity contribution >= 4 is 44.5 Å². The van der Waals surface area contributed by atoms with Crippen molar-refractivity contribution in [3.05, 3.63) is 64.6 Å². The van der Waals surface area contributed by atoms with Crippen LogP contribution in [-0.2, 0) is 4.79 Å². The van der Waals surface area contributed by atoms with Crippen molar-refractivity contribution in [2.24, 2.45) is 5.10 Å². The van der Waals surface area contributed by atoms with Crippen LogP contribution in [0.1, 0.15) is 12.5 Å². The number of benzene rings is 3. The second-order valence-corrected chi connectivity index (χ2v) is 6.85. The van der Waals surface area contributed by atoms with Crippen molar-refractivity contribution in [3.63, 3.8) is 0 Å². The number of phenols is 1. The zero-order chi connectivity index (χ0) is 19.9. The van der Waals surface area contributed by atoms with E-state index in [9.17, 15) is 9.90 Å². The SMILES string of the molecule is CCOc1cc(/C=N/NC(=O)CNc2ccc3ccccc3c2)cc(Br)c1O. The third-order valence-corrected chi connectivity index (χ3v) is 4.56. The average Bonchev–Trinajstić information content (AvgIpc) is 2.70. The molecule has 3 aromatic rings. The number of carbonyl (C=O) groups is 1. The molecule has 3 N–H and O–H groups in total. The van der Waals surface area contributed by atoms with Crippen molar-refractivity contribution in [3.8, 4) is 11.5 Å². The Morgan fingerprint density at radius 3 is 2.75 bits per heavy atom. The first-order chi connectivity index (χ1) is 13.6. The van der Waals surface area contributed by atoms with Gasteiger partial charge in [-0.15, -0.1) is 0 Å². The van der Waals surface area contributed by atoms with Gasteiger partial charge in [0.2, 0.25) is 0 Å². The number of nitrogens with zero attached hydrogens (tertiary/aromatic N) is 1. The predicted molar refractivity (Wildman–Crippen MR) is 115 cm³/mol. The van der Waals surface area contributed by atoms with Crippen LogP contribution >= 0.6 is 15.9 Å². The third-order valence-electron chi connectivity index (χ3n) is 3.96. The number of phenolic OH excluding ortho intramolecular Hbond substituents is 1. The molecule has 7 heteroatoms. The Labute approximate surface area is 171 Å². The molecule has 0 aliphatic heterocycles. The summed E-state index contributed by atoms with van der Waals surface area (Å²) in [7, 11) is 0. The molecule has 28 heavy (non-hydrogen) atoms.